The first-order chi connectivity index (χ1) is 9.36. The van der Waals surface area contributed by atoms with Gasteiger partial charge in [-0.1, -0.05) is 12.1 Å². The molecule has 0 unspecified atom stereocenters. The molecule has 4 nitrogen and oxygen atoms in total. The SMILES string of the molecule is COc1ccc(C2CCN(c3cn[nH]c3)CC2)cc1. The van der Waals surface area contributed by atoms with Crippen LogP contribution in [0.1, 0.15) is 24.3 Å². The molecule has 0 saturated carbocycles. The second-order valence-electron chi connectivity index (χ2n) is 4.99. The van der Waals surface area contributed by atoms with Gasteiger partial charge in [0.05, 0.1) is 19.0 Å². The monoisotopic (exact) mass is 257 g/mol. The van der Waals surface area contributed by atoms with Crippen molar-refractivity contribution in [3.8, 4) is 5.75 Å². The fraction of sp³-hybridized carbons (Fsp3) is 0.400. The molecule has 1 N–H and O–H groups in total. The van der Waals surface area contributed by atoms with Crippen molar-refractivity contribution in [1.29, 1.82) is 0 Å². The summed E-state index contributed by atoms with van der Waals surface area (Å²) in [7, 11) is 1.71. The number of nitrogens with zero attached hydrogens (tertiary/aromatic N) is 2. The van der Waals surface area contributed by atoms with E-state index in [4.69, 9.17) is 4.74 Å². The molecule has 1 aliphatic rings. The molecular weight excluding hydrogens is 238 g/mol. The van der Waals surface area contributed by atoms with E-state index in [0.717, 1.165) is 18.8 Å². The number of aromatic nitrogens is 2. The van der Waals surface area contributed by atoms with Crippen molar-refractivity contribution in [1.82, 2.24) is 10.2 Å². The van der Waals surface area contributed by atoms with E-state index in [1.807, 2.05) is 12.4 Å². The lowest BCUT2D eigenvalue weighted by Gasteiger charge is -2.32. The molecular formula is C15H19N3O. The molecule has 1 aromatic carbocycles. The molecule has 1 aliphatic heterocycles. The molecule has 2 heterocycles. The molecule has 0 aliphatic carbocycles. The molecule has 1 fully saturated rings. The molecule has 100 valence electrons. The van der Waals surface area contributed by atoms with Gasteiger partial charge in [-0.3, -0.25) is 5.10 Å². The quantitative estimate of drug-likeness (QED) is 0.919. The number of ether oxygens (including phenoxy) is 1. The predicted octanol–water partition coefficient (Wildman–Crippen LogP) is 2.80. The van der Waals surface area contributed by atoms with E-state index < -0.39 is 0 Å². The highest BCUT2D eigenvalue weighted by Gasteiger charge is 2.21. The standard InChI is InChI=1S/C15H19N3O/c1-19-15-4-2-12(3-5-15)13-6-8-18(9-7-13)14-10-16-17-11-14/h2-5,10-11,13H,6-9H2,1H3,(H,16,17). The lowest BCUT2D eigenvalue weighted by Crippen LogP contribution is -2.32. The van der Waals surface area contributed by atoms with Gasteiger partial charge >= 0.3 is 0 Å². The average molecular weight is 257 g/mol. The fourth-order valence-electron chi connectivity index (χ4n) is 2.76. The molecule has 2 aromatic rings. The third-order valence-electron chi connectivity index (χ3n) is 3.93. The van der Waals surface area contributed by atoms with Crippen molar-refractivity contribution in [2.75, 3.05) is 25.1 Å². The Kier molecular flexibility index (Phi) is 3.40. The topological polar surface area (TPSA) is 41.1 Å². The van der Waals surface area contributed by atoms with E-state index in [-0.39, 0.29) is 0 Å². The molecule has 1 saturated heterocycles. The predicted molar refractivity (Wildman–Crippen MR) is 75.8 cm³/mol. The summed E-state index contributed by atoms with van der Waals surface area (Å²) in [5, 5.41) is 6.89. The Morgan fingerprint density at radius 3 is 2.53 bits per heavy atom. The highest BCUT2D eigenvalue weighted by atomic mass is 16.5. The van der Waals surface area contributed by atoms with Gasteiger partial charge in [0.25, 0.3) is 0 Å². The maximum absolute atomic E-state index is 5.20. The summed E-state index contributed by atoms with van der Waals surface area (Å²) < 4.78 is 5.20. The number of rotatable bonds is 3. The second kappa shape index (κ2) is 5.34. The van der Waals surface area contributed by atoms with E-state index in [2.05, 4.69) is 39.4 Å². The number of hydrogen-bond acceptors (Lipinski definition) is 3. The van der Waals surface area contributed by atoms with Gasteiger partial charge < -0.3 is 9.64 Å². The van der Waals surface area contributed by atoms with Gasteiger partial charge in [-0.05, 0) is 36.5 Å². The molecule has 0 spiro atoms. The zero-order valence-electron chi connectivity index (χ0n) is 11.2. The molecule has 4 heteroatoms. The van der Waals surface area contributed by atoms with Gasteiger partial charge in [-0.2, -0.15) is 5.10 Å². The number of benzene rings is 1. The van der Waals surface area contributed by atoms with Crippen molar-refractivity contribution in [3.63, 3.8) is 0 Å². The number of H-pyrrole nitrogens is 1. The Balaban J connectivity index is 1.63. The van der Waals surface area contributed by atoms with Crippen LogP contribution in [0.2, 0.25) is 0 Å². The van der Waals surface area contributed by atoms with E-state index >= 15 is 0 Å². The van der Waals surface area contributed by atoms with Crippen LogP contribution in [0.15, 0.2) is 36.7 Å². The Hall–Kier alpha value is -1.97. The van der Waals surface area contributed by atoms with Crippen molar-refractivity contribution in [2.24, 2.45) is 0 Å². The van der Waals surface area contributed by atoms with E-state index in [1.165, 1.54) is 24.1 Å². The maximum atomic E-state index is 5.20. The smallest absolute Gasteiger partial charge is 0.118 e. The Morgan fingerprint density at radius 2 is 1.95 bits per heavy atom. The average Bonchev–Trinajstić information content (AvgIpc) is 3.02. The Morgan fingerprint density at radius 1 is 1.21 bits per heavy atom. The summed E-state index contributed by atoms with van der Waals surface area (Å²) in [5.41, 5.74) is 2.63. The lowest BCUT2D eigenvalue weighted by molar-refractivity contribution is 0.414. The van der Waals surface area contributed by atoms with Crippen LogP contribution in [0.25, 0.3) is 0 Å². The van der Waals surface area contributed by atoms with Gasteiger partial charge in [0.1, 0.15) is 5.75 Å². The zero-order valence-corrected chi connectivity index (χ0v) is 11.2. The van der Waals surface area contributed by atoms with Crippen LogP contribution in [-0.4, -0.2) is 30.4 Å². The number of piperidine rings is 1. The number of anilines is 1. The van der Waals surface area contributed by atoms with Crippen molar-refractivity contribution in [2.45, 2.75) is 18.8 Å². The van der Waals surface area contributed by atoms with Gasteiger partial charge in [-0.15, -0.1) is 0 Å². The first-order valence-corrected chi connectivity index (χ1v) is 6.74. The normalized spacial score (nSPS) is 16.6. The van der Waals surface area contributed by atoms with Crippen molar-refractivity contribution in [3.05, 3.63) is 42.2 Å². The summed E-state index contributed by atoms with van der Waals surface area (Å²) in [5.74, 6) is 1.59. The minimum Gasteiger partial charge on any atom is -0.497 e. The molecule has 3 rings (SSSR count). The summed E-state index contributed by atoms with van der Waals surface area (Å²) in [6.45, 7) is 2.19. The van der Waals surface area contributed by atoms with Crippen LogP contribution in [0.3, 0.4) is 0 Å². The Labute approximate surface area is 113 Å². The summed E-state index contributed by atoms with van der Waals surface area (Å²) in [6, 6.07) is 8.49. The summed E-state index contributed by atoms with van der Waals surface area (Å²) in [4.78, 5) is 2.39. The van der Waals surface area contributed by atoms with E-state index in [0.29, 0.717) is 5.92 Å². The maximum Gasteiger partial charge on any atom is 0.118 e. The number of methoxy groups -OCH3 is 1. The summed E-state index contributed by atoms with van der Waals surface area (Å²) in [6.07, 6.45) is 6.25. The van der Waals surface area contributed by atoms with Crippen LogP contribution >= 0.6 is 0 Å². The van der Waals surface area contributed by atoms with Crippen LogP contribution in [-0.2, 0) is 0 Å². The molecule has 0 amide bonds. The lowest BCUT2D eigenvalue weighted by atomic mass is 9.89. The zero-order chi connectivity index (χ0) is 13.1. The first-order valence-electron chi connectivity index (χ1n) is 6.74. The van der Waals surface area contributed by atoms with Gasteiger partial charge in [0.15, 0.2) is 0 Å². The third kappa shape index (κ3) is 2.57. The number of hydrogen-bond donors (Lipinski definition) is 1. The molecule has 1 aromatic heterocycles. The largest absolute Gasteiger partial charge is 0.497 e. The van der Waals surface area contributed by atoms with Crippen LogP contribution in [0, 0.1) is 0 Å². The van der Waals surface area contributed by atoms with Crippen molar-refractivity contribution >= 4 is 5.69 Å². The highest BCUT2D eigenvalue weighted by Crippen LogP contribution is 2.30. The van der Waals surface area contributed by atoms with E-state index in [9.17, 15) is 0 Å². The van der Waals surface area contributed by atoms with Gasteiger partial charge in [-0.25, -0.2) is 0 Å². The van der Waals surface area contributed by atoms with Gasteiger partial charge in [0.2, 0.25) is 0 Å². The highest BCUT2D eigenvalue weighted by molar-refractivity contribution is 5.42. The molecule has 0 bridgehead atoms. The fourth-order valence-corrected chi connectivity index (χ4v) is 2.76. The Bertz CT molecular complexity index is 499. The molecule has 0 atom stereocenters. The first kappa shape index (κ1) is 12.1. The molecule has 19 heavy (non-hydrogen) atoms. The van der Waals surface area contributed by atoms with Crippen LogP contribution in [0.5, 0.6) is 5.75 Å². The number of aromatic amines is 1. The van der Waals surface area contributed by atoms with Crippen LogP contribution in [0.4, 0.5) is 5.69 Å². The molecule has 0 radical (unpaired) electrons. The second-order valence-corrected chi connectivity index (χ2v) is 4.99. The summed E-state index contributed by atoms with van der Waals surface area (Å²) >= 11 is 0. The number of nitrogens with one attached hydrogen (secondary N) is 1. The minimum atomic E-state index is 0.661. The third-order valence-corrected chi connectivity index (χ3v) is 3.93. The van der Waals surface area contributed by atoms with E-state index in [1.54, 1.807) is 7.11 Å². The van der Waals surface area contributed by atoms with Gasteiger partial charge in [0, 0.05) is 19.3 Å². The van der Waals surface area contributed by atoms with Crippen molar-refractivity contribution < 1.29 is 4.74 Å². The minimum absolute atomic E-state index is 0.661. The van der Waals surface area contributed by atoms with Crippen LogP contribution < -0.4 is 9.64 Å².